The number of nitriles is 2. The first kappa shape index (κ1) is 53.1. The Morgan fingerprint density at radius 1 is 0.321 bits per heavy atom. The summed E-state index contributed by atoms with van der Waals surface area (Å²) in [6.45, 7) is 17.0. The number of halogens is 3. The number of nitrogens with zero attached hydrogens (tertiary/aromatic N) is 4. The van der Waals surface area contributed by atoms with Crippen molar-refractivity contribution in [2.75, 3.05) is 0 Å². The zero-order chi connectivity index (χ0) is 58.5. The molecule has 0 N–H and O–H groups in total. The standard InChI is InChI=1S/C77H57F3N4/c1-44-9-21-60(48(5)31-44)53-15-26-72-67(36-53)68-37-54(61-22-10-45(2)32-49(61)6)16-27-73(68)83(72)59-20-14-58(43-82)65(41-59)66-40-57(64-25-13-52(42-81)35-71(64)77(78,79)80)19-30-74(66)84-75-28-17-55(62-23-11-46(3)33-50(62)7)38-69(75)70-39-56(18-29-76(70)84)63-24-12-47(4)34-51(63)8/h9-41H,1-8H3. The molecule has 4 nitrogen and oxygen atoms in total. The molecule has 0 unspecified atom stereocenters. The zero-order valence-electron chi connectivity index (χ0n) is 48.0. The van der Waals surface area contributed by atoms with E-state index in [4.69, 9.17) is 0 Å². The lowest BCUT2D eigenvalue weighted by molar-refractivity contribution is -0.137. The highest BCUT2D eigenvalue weighted by molar-refractivity contribution is 6.14. The van der Waals surface area contributed by atoms with E-state index >= 15 is 13.2 Å². The molecule has 84 heavy (non-hydrogen) atoms. The van der Waals surface area contributed by atoms with Gasteiger partial charge in [0.05, 0.1) is 56.6 Å². The van der Waals surface area contributed by atoms with Crippen LogP contribution in [0.4, 0.5) is 13.2 Å². The number of benzene rings is 11. The first-order chi connectivity index (χ1) is 40.4. The first-order valence-corrected chi connectivity index (χ1v) is 28.2. The van der Waals surface area contributed by atoms with Crippen molar-refractivity contribution in [3.63, 3.8) is 0 Å². The van der Waals surface area contributed by atoms with Gasteiger partial charge in [-0.05, 0) is 224 Å². The van der Waals surface area contributed by atoms with Gasteiger partial charge in [0.25, 0.3) is 0 Å². The molecule has 406 valence electrons. The predicted molar refractivity (Wildman–Crippen MR) is 340 cm³/mol. The summed E-state index contributed by atoms with van der Waals surface area (Å²) in [5, 5.41) is 25.2. The monoisotopic (exact) mass is 1090 g/mol. The van der Waals surface area contributed by atoms with Crippen molar-refractivity contribution < 1.29 is 13.2 Å². The van der Waals surface area contributed by atoms with Crippen molar-refractivity contribution in [1.29, 1.82) is 10.5 Å². The van der Waals surface area contributed by atoms with Crippen LogP contribution in [0, 0.1) is 78.1 Å². The highest BCUT2D eigenvalue weighted by Crippen LogP contribution is 2.46. The van der Waals surface area contributed by atoms with E-state index in [1.54, 1.807) is 12.1 Å². The zero-order valence-corrected chi connectivity index (χ0v) is 48.0. The quantitative estimate of drug-likeness (QED) is 0.152. The Morgan fingerprint density at radius 2 is 0.702 bits per heavy atom. The molecule has 0 amide bonds. The number of hydrogen-bond donors (Lipinski definition) is 0. The van der Waals surface area contributed by atoms with Crippen molar-refractivity contribution in [2.45, 2.75) is 61.6 Å². The molecule has 0 aliphatic carbocycles. The van der Waals surface area contributed by atoms with Gasteiger partial charge in [-0.15, -0.1) is 0 Å². The van der Waals surface area contributed by atoms with Crippen LogP contribution in [0.25, 0.3) is 122 Å². The number of alkyl halides is 3. The smallest absolute Gasteiger partial charge is 0.309 e. The normalized spacial score (nSPS) is 11.7. The highest BCUT2D eigenvalue weighted by atomic mass is 19.4. The van der Waals surface area contributed by atoms with E-state index < -0.39 is 11.7 Å². The van der Waals surface area contributed by atoms with Crippen LogP contribution in [0.5, 0.6) is 0 Å². The fourth-order valence-electron chi connectivity index (χ4n) is 13.0. The maximum Gasteiger partial charge on any atom is 0.417 e. The maximum absolute atomic E-state index is 15.3. The molecule has 11 aromatic carbocycles. The van der Waals surface area contributed by atoms with Gasteiger partial charge in [-0.2, -0.15) is 23.7 Å². The summed E-state index contributed by atoms with van der Waals surface area (Å²) in [5.41, 5.74) is 24.0. The van der Waals surface area contributed by atoms with E-state index in [9.17, 15) is 10.5 Å². The van der Waals surface area contributed by atoms with Crippen LogP contribution in [0.3, 0.4) is 0 Å². The molecule has 0 aliphatic heterocycles. The Bertz CT molecular complexity index is 4790. The molecule has 0 atom stereocenters. The third kappa shape index (κ3) is 9.10. The molecule has 0 fully saturated rings. The summed E-state index contributed by atoms with van der Waals surface area (Å²) >= 11 is 0. The van der Waals surface area contributed by atoms with Crippen molar-refractivity contribution in [1.82, 2.24) is 9.13 Å². The fraction of sp³-hybridized carbons (Fsp3) is 0.117. The van der Waals surface area contributed by atoms with E-state index in [0.29, 0.717) is 22.4 Å². The molecule has 0 radical (unpaired) electrons. The van der Waals surface area contributed by atoms with Crippen molar-refractivity contribution in [3.05, 3.63) is 261 Å². The van der Waals surface area contributed by atoms with Crippen molar-refractivity contribution in [3.8, 4) is 90.3 Å². The van der Waals surface area contributed by atoms with Gasteiger partial charge < -0.3 is 9.13 Å². The molecule has 0 spiro atoms. The summed E-state index contributed by atoms with van der Waals surface area (Å²) < 4.78 is 50.2. The second-order valence-corrected chi connectivity index (χ2v) is 22.8. The van der Waals surface area contributed by atoms with Gasteiger partial charge in [0.2, 0.25) is 0 Å². The average Bonchev–Trinajstić information content (AvgIpc) is 2.19. The van der Waals surface area contributed by atoms with Gasteiger partial charge in [0.15, 0.2) is 0 Å². The second-order valence-electron chi connectivity index (χ2n) is 22.8. The molecule has 0 aliphatic rings. The van der Waals surface area contributed by atoms with Crippen LogP contribution in [0.2, 0.25) is 0 Å². The van der Waals surface area contributed by atoms with E-state index in [-0.39, 0.29) is 16.7 Å². The summed E-state index contributed by atoms with van der Waals surface area (Å²) in [6.07, 6.45) is -4.78. The topological polar surface area (TPSA) is 57.4 Å². The SMILES string of the molecule is Cc1ccc(-c2ccc3c(c2)c2cc(-c4ccc(C)cc4C)ccc2n3-c2ccc(C#N)c(-c3cc(-c4ccc(C#N)cc4C(F)(F)F)ccc3-n3c4ccc(-c5ccc(C)cc5C)cc4c4cc(-c5ccc(C)cc5C)ccc43)c2)c(C)c1. The van der Waals surface area contributed by atoms with Crippen LogP contribution in [-0.2, 0) is 6.18 Å². The lowest BCUT2D eigenvalue weighted by Crippen LogP contribution is -2.08. The molecule has 0 bridgehead atoms. The summed E-state index contributed by atoms with van der Waals surface area (Å²) in [7, 11) is 0. The molecule has 13 aromatic rings. The minimum Gasteiger partial charge on any atom is -0.309 e. The maximum atomic E-state index is 15.3. The Balaban J connectivity index is 1.10. The van der Waals surface area contributed by atoms with E-state index in [1.807, 2.05) is 30.3 Å². The summed E-state index contributed by atoms with van der Waals surface area (Å²) in [6, 6.07) is 71.7. The fourth-order valence-corrected chi connectivity index (χ4v) is 13.0. The summed E-state index contributed by atoms with van der Waals surface area (Å²) in [4.78, 5) is 0. The Kier molecular flexibility index (Phi) is 12.9. The number of aromatic nitrogens is 2. The molecule has 0 saturated heterocycles. The van der Waals surface area contributed by atoms with Gasteiger partial charge in [-0.1, -0.05) is 131 Å². The predicted octanol–water partition coefficient (Wildman–Crippen LogP) is 21.1. The molecule has 2 heterocycles. The minimum atomic E-state index is -4.78. The first-order valence-electron chi connectivity index (χ1n) is 28.2. The molecule has 2 aromatic heterocycles. The van der Waals surface area contributed by atoms with Crippen LogP contribution in [-0.4, -0.2) is 9.13 Å². The number of rotatable bonds is 8. The van der Waals surface area contributed by atoms with E-state index in [2.05, 4.69) is 216 Å². The lowest BCUT2D eigenvalue weighted by atomic mass is 9.91. The Labute approximate surface area is 487 Å². The van der Waals surface area contributed by atoms with Crippen LogP contribution < -0.4 is 0 Å². The lowest BCUT2D eigenvalue weighted by Gasteiger charge is -2.20. The van der Waals surface area contributed by atoms with Gasteiger partial charge in [-0.25, -0.2) is 0 Å². The van der Waals surface area contributed by atoms with E-state index in [0.717, 1.165) is 111 Å². The van der Waals surface area contributed by atoms with Crippen LogP contribution in [0.1, 0.15) is 61.2 Å². The van der Waals surface area contributed by atoms with Gasteiger partial charge in [0, 0.05) is 38.4 Å². The van der Waals surface area contributed by atoms with Gasteiger partial charge in [-0.3, -0.25) is 0 Å². The largest absolute Gasteiger partial charge is 0.417 e. The molecular weight excluding hydrogens is 1040 g/mol. The van der Waals surface area contributed by atoms with Crippen LogP contribution in [0.15, 0.2) is 200 Å². The molecule has 0 saturated carbocycles. The van der Waals surface area contributed by atoms with E-state index in [1.165, 1.54) is 45.5 Å². The third-order valence-corrected chi connectivity index (χ3v) is 17.0. The van der Waals surface area contributed by atoms with Crippen molar-refractivity contribution >= 4 is 43.6 Å². The number of aryl methyl sites for hydroxylation is 8. The summed E-state index contributed by atoms with van der Waals surface area (Å²) in [5.74, 6) is 0. The number of fused-ring (bicyclic) bond motifs is 6. The Hall–Kier alpha value is -10.2. The minimum absolute atomic E-state index is 0.0796. The molecular formula is C77H57F3N4. The molecule has 13 rings (SSSR count). The van der Waals surface area contributed by atoms with Crippen molar-refractivity contribution in [2.24, 2.45) is 0 Å². The van der Waals surface area contributed by atoms with Gasteiger partial charge >= 0.3 is 6.18 Å². The van der Waals surface area contributed by atoms with Gasteiger partial charge in [0.1, 0.15) is 0 Å². The highest BCUT2D eigenvalue weighted by Gasteiger charge is 2.34. The number of hydrogen-bond acceptors (Lipinski definition) is 2. The average molecular weight is 1100 g/mol. The third-order valence-electron chi connectivity index (χ3n) is 17.0. The Morgan fingerprint density at radius 3 is 1.08 bits per heavy atom. The van der Waals surface area contributed by atoms with Crippen LogP contribution >= 0.6 is 0 Å². The second kappa shape index (κ2) is 20.3. The molecule has 7 heteroatoms.